The Hall–Kier alpha value is -0.715. The van der Waals surface area contributed by atoms with Gasteiger partial charge in [-0.3, -0.25) is 0 Å². The van der Waals surface area contributed by atoms with Crippen LogP contribution >= 0.6 is 35.0 Å². The van der Waals surface area contributed by atoms with Gasteiger partial charge in [-0.25, -0.2) is 4.39 Å². The van der Waals surface area contributed by atoms with Crippen molar-refractivity contribution in [1.82, 2.24) is 0 Å². The van der Waals surface area contributed by atoms with Crippen molar-refractivity contribution in [2.24, 2.45) is 0 Å². The van der Waals surface area contributed by atoms with Crippen molar-refractivity contribution in [2.75, 3.05) is 0 Å². The van der Waals surface area contributed by atoms with E-state index in [2.05, 4.69) is 0 Å². The van der Waals surface area contributed by atoms with Gasteiger partial charge in [0.05, 0.1) is 5.02 Å². The maximum absolute atomic E-state index is 13.1. The molecule has 0 bridgehead atoms. The highest BCUT2D eigenvalue weighted by Gasteiger charge is 2.17. The lowest BCUT2D eigenvalue weighted by atomic mass is 9.77. The van der Waals surface area contributed by atoms with E-state index in [0.29, 0.717) is 21.4 Å². The maximum Gasteiger partial charge on any atom is 0.488 e. The summed E-state index contributed by atoms with van der Waals surface area (Å²) in [7, 11) is -1.71. The molecule has 0 atom stereocenters. The Morgan fingerprint density at radius 2 is 1.85 bits per heavy atom. The van der Waals surface area contributed by atoms with Gasteiger partial charge in [0.1, 0.15) is 5.82 Å². The van der Waals surface area contributed by atoms with Gasteiger partial charge >= 0.3 is 7.12 Å². The Bertz CT molecular complexity index is 625. The van der Waals surface area contributed by atoms with Gasteiger partial charge in [0.25, 0.3) is 0 Å². The lowest BCUT2D eigenvalue weighted by molar-refractivity contribution is 0.425. The van der Waals surface area contributed by atoms with Crippen molar-refractivity contribution in [3.05, 3.63) is 57.8 Å². The van der Waals surface area contributed by atoms with Crippen molar-refractivity contribution < 1.29 is 14.4 Å². The van der Waals surface area contributed by atoms with Crippen LogP contribution in [-0.4, -0.2) is 17.2 Å². The molecule has 0 fully saturated rings. The fraction of sp³-hybridized carbons (Fsp3) is 0.0769. The molecule has 2 N–H and O–H groups in total. The molecule has 0 aromatic heterocycles. The zero-order valence-electron chi connectivity index (χ0n) is 10.2. The molecule has 0 unspecified atom stereocenters. The summed E-state index contributed by atoms with van der Waals surface area (Å²) in [6.45, 7) is 0. The molecular weight excluding hydrogens is 321 g/mol. The molecule has 0 saturated heterocycles. The van der Waals surface area contributed by atoms with Crippen LogP contribution in [0.3, 0.4) is 0 Å². The third-order valence-electron chi connectivity index (χ3n) is 2.66. The summed E-state index contributed by atoms with van der Waals surface area (Å²) in [6.07, 6.45) is 0. The Balaban J connectivity index is 2.20. The zero-order chi connectivity index (χ0) is 14.7. The van der Waals surface area contributed by atoms with Crippen molar-refractivity contribution in [3.63, 3.8) is 0 Å². The number of hydrogen-bond donors (Lipinski definition) is 2. The molecule has 20 heavy (non-hydrogen) atoms. The fourth-order valence-corrected chi connectivity index (χ4v) is 3.19. The lowest BCUT2D eigenvalue weighted by Crippen LogP contribution is -2.33. The highest BCUT2D eigenvalue weighted by Crippen LogP contribution is 2.31. The van der Waals surface area contributed by atoms with E-state index in [1.165, 1.54) is 23.9 Å². The minimum Gasteiger partial charge on any atom is -0.423 e. The van der Waals surface area contributed by atoms with Crippen LogP contribution in [0.1, 0.15) is 5.56 Å². The third kappa shape index (κ3) is 3.90. The van der Waals surface area contributed by atoms with Gasteiger partial charge in [-0.2, -0.15) is 0 Å². The molecule has 2 rings (SSSR count). The van der Waals surface area contributed by atoms with E-state index >= 15 is 0 Å². The van der Waals surface area contributed by atoms with Crippen LogP contribution in [0.5, 0.6) is 0 Å². The number of thioether (sulfide) groups is 1. The summed E-state index contributed by atoms with van der Waals surface area (Å²) in [5.74, 6) is -0.0875. The van der Waals surface area contributed by atoms with Gasteiger partial charge in [-0.05, 0) is 41.4 Å². The average Bonchev–Trinajstić information content (AvgIpc) is 2.40. The normalized spacial score (nSPS) is 10.7. The van der Waals surface area contributed by atoms with Crippen LogP contribution in [-0.2, 0) is 5.75 Å². The Morgan fingerprint density at radius 1 is 1.10 bits per heavy atom. The van der Waals surface area contributed by atoms with Crippen molar-refractivity contribution in [2.45, 2.75) is 10.6 Å². The highest BCUT2D eigenvalue weighted by molar-refractivity contribution is 7.98. The van der Waals surface area contributed by atoms with Crippen LogP contribution in [0.4, 0.5) is 4.39 Å². The van der Waals surface area contributed by atoms with E-state index in [0.717, 1.165) is 11.0 Å². The number of benzene rings is 2. The van der Waals surface area contributed by atoms with E-state index in [1.54, 1.807) is 18.2 Å². The molecule has 0 spiro atoms. The van der Waals surface area contributed by atoms with E-state index in [-0.39, 0.29) is 5.46 Å². The van der Waals surface area contributed by atoms with Crippen LogP contribution < -0.4 is 5.46 Å². The predicted molar refractivity (Wildman–Crippen MR) is 82.2 cm³/mol. The predicted octanol–water partition coefficient (Wildman–Crippen LogP) is 3.10. The Labute approximate surface area is 130 Å². The van der Waals surface area contributed by atoms with Crippen molar-refractivity contribution in [1.29, 1.82) is 0 Å². The monoisotopic (exact) mass is 330 g/mol. The topological polar surface area (TPSA) is 40.5 Å². The molecule has 0 aliphatic carbocycles. The molecule has 0 aliphatic rings. The molecule has 2 aromatic rings. The first-order chi connectivity index (χ1) is 9.47. The minimum absolute atomic E-state index is 0.149. The van der Waals surface area contributed by atoms with E-state index in [1.807, 2.05) is 0 Å². The molecule has 0 heterocycles. The van der Waals surface area contributed by atoms with Crippen LogP contribution in [0.2, 0.25) is 10.0 Å². The quantitative estimate of drug-likeness (QED) is 0.668. The van der Waals surface area contributed by atoms with E-state index < -0.39 is 12.9 Å². The minimum atomic E-state index is -1.71. The Morgan fingerprint density at radius 3 is 2.55 bits per heavy atom. The molecule has 0 saturated carbocycles. The number of rotatable bonds is 4. The molecule has 0 amide bonds. The molecule has 7 heteroatoms. The smallest absolute Gasteiger partial charge is 0.423 e. The summed E-state index contributed by atoms with van der Waals surface area (Å²) >= 11 is 13.3. The molecule has 2 nitrogen and oxygen atoms in total. The first kappa shape index (κ1) is 15.7. The molecule has 104 valence electrons. The SMILES string of the molecule is OB(O)c1cc(F)ccc1CSc1cc(Cl)ccc1Cl. The number of hydrogen-bond acceptors (Lipinski definition) is 3. The summed E-state index contributed by atoms with van der Waals surface area (Å²) in [5.41, 5.74) is 0.776. The Kier molecular flexibility index (Phi) is 5.35. The molecular formula is C13H10BCl2FO2S. The van der Waals surface area contributed by atoms with Crippen LogP contribution in [0.25, 0.3) is 0 Å². The van der Waals surface area contributed by atoms with E-state index in [9.17, 15) is 14.4 Å². The van der Waals surface area contributed by atoms with Gasteiger partial charge in [0.15, 0.2) is 0 Å². The van der Waals surface area contributed by atoms with E-state index in [4.69, 9.17) is 23.2 Å². The second-order valence-electron chi connectivity index (χ2n) is 4.08. The van der Waals surface area contributed by atoms with Crippen molar-refractivity contribution >= 4 is 47.5 Å². The summed E-state index contributed by atoms with van der Waals surface area (Å²) in [6, 6.07) is 9.03. The summed E-state index contributed by atoms with van der Waals surface area (Å²) in [5, 5.41) is 19.6. The first-order valence-electron chi connectivity index (χ1n) is 5.69. The second-order valence-corrected chi connectivity index (χ2v) is 5.94. The largest absolute Gasteiger partial charge is 0.488 e. The van der Waals surface area contributed by atoms with Gasteiger partial charge < -0.3 is 10.0 Å². The second kappa shape index (κ2) is 6.83. The standard InChI is InChI=1S/C13H10BCl2FO2S/c15-9-2-4-12(16)13(5-9)20-7-8-1-3-10(17)6-11(8)14(18)19/h1-6,18-19H,7H2. The van der Waals surface area contributed by atoms with Crippen LogP contribution in [0.15, 0.2) is 41.3 Å². The fourth-order valence-electron chi connectivity index (χ4n) is 1.68. The first-order valence-corrected chi connectivity index (χ1v) is 7.44. The van der Waals surface area contributed by atoms with Gasteiger partial charge in [0.2, 0.25) is 0 Å². The summed E-state index contributed by atoms with van der Waals surface area (Å²) in [4.78, 5) is 0.780. The van der Waals surface area contributed by atoms with Gasteiger partial charge in [-0.15, -0.1) is 11.8 Å². The van der Waals surface area contributed by atoms with Gasteiger partial charge in [0, 0.05) is 15.7 Å². The highest BCUT2D eigenvalue weighted by atomic mass is 35.5. The zero-order valence-corrected chi connectivity index (χ0v) is 12.5. The van der Waals surface area contributed by atoms with Gasteiger partial charge in [-0.1, -0.05) is 29.3 Å². The number of halogens is 3. The molecule has 0 aliphatic heterocycles. The van der Waals surface area contributed by atoms with Crippen molar-refractivity contribution in [3.8, 4) is 0 Å². The molecule has 2 aromatic carbocycles. The maximum atomic E-state index is 13.1. The summed E-state index contributed by atoms with van der Waals surface area (Å²) < 4.78 is 13.1. The van der Waals surface area contributed by atoms with Crippen LogP contribution in [0, 0.1) is 5.82 Å². The third-order valence-corrected chi connectivity index (χ3v) is 4.44. The molecule has 0 radical (unpaired) electrons. The lowest BCUT2D eigenvalue weighted by Gasteiger charge is -2.10. The average molecular weight is 331 g/mol.